The number of ketones is 1. The SMILES string of the molecule is CC1c2ccsc2CCN1CC(=O)c1ccc(O)cc1O. The first kappa shape index (κ1) is 14.1. The van der Waals surface area contributed by atoms with E-state index in [1.807, 2.05) is 0 Å². The Balaban J connectivity index is 1.76. The summed E-state index contributed by atoms with van der Waals surface area (Å²) in [6.07, 6.45) is 0.964. The number of nitrogens with zero attached hydrogens (tertiary/aromatic N) is 1. The average Bonchev–Trinajstić information content (AvgIpc) is 2.91. The van der Waals surface area contributed by atoms with E-state index >= 15 is 0 Å². The Labute approximate surface area is 127 Å². The lowest BCUT2D eigenvalue weighted by Crippen LogP contribution is -2.37. The van der Waals surface area contributed by atoms with Gasteiger partial charge in [0.2, 0.25) is 0 Å². The number of thiophene rings is 1. The lowest BCUT2D eigenvalue weighted by molar-refractivity contribution is 0.0889. The van der Waals surface area contributed by atoms with Crippen molar-refractivity contribution in [2.45, 2.75) is 19.4 Å². The van der Waals surface area contributed by atoms with E-state index in [1.54, 1.807) is 11.3 Å². The quantitative estimate of drug-likeness (QED) is 0.856. The molecular formula is C16H17NO3S. The van der Waals surface area contributed by atoms with Crippen LogP contribution in [0.3, 0.4) is 0 Å². The monoisotopic (exact) mass is 303 g/mol. The van der Waals surface area contributed by atoms with Crippen molar-refractivity contribution in [2.24, 2.45) is 0 Å². The minimum atomic E-state index is -0.166. The Morgan fingerprint density at radius 3 is 2.95 bits per heavy atom. The molecule has 3 rings (SSSR count). The molecule has 0 radical (unpaired) electrons. The molecule has 0 amide bonds. The Kier molecular flexibility index (Phi) is 3.69. The summed E-state index contributed by atoms with van der Waals surface area (Å²) < 4.78 is 0. The molecule has 1 aliphatic heterocycles. The molecule has 110 valence electrons. The van der Waals surface area contributed by atoms with Crippen molar-refractivity contribution in [1.29, 1.82) is 0 Å². The highest BCUT2D eigenvalue weighted by molar-refractivity contribution is 7.10. The maximum atomic E-state index is 12.4. The topological polar surface area (TPSA) is 60.8 Å². The van der Waals surface area contributed by atoms with E-state index in [4.69, 9.17) is 0 Å². The first-order valence-corrected chi connectivity index (χ1v) is 7.79. The van der Waals surface area contributed by atoms with Crippen LogP contribution in [0.1, 0.15) is 33.8 Å². The summed E-state index contributed by atoms with van der Waals surface area (Å²) in [6, 6.07) is 6.42. The zero-order chi connectivity index (χ0) is 15.0. The molecule has 2 N–H and O–H groups in total. The molecule has 0 saturated heterocycles. The molecule has 1 unspecified atom stereocenters. The molecule has 1 atom stereocenters. The highest BCUT2D eigenvalue weighted by atomic mass is 32.1. The normalized spacial score (nSPS) is 18.4. The summed E-state index contributed by atoms with van der Waals surface area (Å²) in [5, 5.41) is 21.2. The van der Waals surface area contributed by atoms with Crippen LogP contribution >= 0.6 is 11.3 Å². The largest absolute Gasteiger partial charge is 0.508 e. The maximum absolute atomic E-state index is 12.4. The van der Waals surface area contributed by atoms with Crippen molar-refractivity contribution >= 4 is 17.1 Å². The van der Waals surface area contributed by atoms with Crippen LogP contribution in [0, 0.1) is 0 Å². The van der Waals surface area contributed by atoms with Gasteiger partial charge in [0.1, 0.15) is 11.5 Å². The first-order chi connectivity index (χ1) is 10.1. The van der Waals surface area contributed by atoms with E-state index in [2.05, 4.69) is 23.3 Å². The molecule has 1 aliphatic rings. The Morgan fingerprint density at radius 1 is 1.38 bits per heavy atom. The standard InChI is InChI=1S/C16H17NO3S/c1-10-12-5-7-21-16(12)4-6-17(10)9-15(20)13-3-2-11(18)8-14(13)19/h2-3,5,7-8,10,18-19H,4,6,9H2,1H3. The fraction of sp³-hybridized carbons (Fsp3) is 0.312. The molecule has 4 nitrogen and oxygen atoms in total. The number of phenolic OH excluding ortho intramolecular Hbond substituents is 2. The molecule has 0 fully saturated rings. The van der Waals surface area contributed by atoms with Crippen molar-refractivity contribution in [3.63, 3.8) is 0 Å². The van der Waals surface area contributed by atoms with Crippen LogP contribution in [0.15, 0.2) is 29.6 Å². The Hall–Kier alpha value is -1.85. The summed E-state index contributed by atoms with van der Waals surface area (Å²) in [5.41, 5.74) is 1.56. The lowest BCUT2D eigenvalue weighted by atomic mass is 10.00. The summed E-state index contributed by atoms with van der Waals surface area (Å²) in [4.78, 5) is 15.9. The molecular weight excluding hydrogens is 286 g/mol. The molecule has 21 heavy (non-hydrogen) atoms. The van der Waals surface area contributed by atoms with Gasteiger partial charge in [-0.25, -0.2) is 0 Å². The number of carbonyl (C=O) groups excluding carboxylic acids is 1. The smallest absolute Gasteiger partial charge is 0.180 e. The van der Waals surface area contributed by atoms with E-state index < -0.39 is 0 Å². The van der Waals surface area contributed by atoms with Gasteiger partial charge >= 0.3 is 0 Å². The van der Waals surface area contributed by atoms with Gasteiger partial charge in [0.15, 0.2) is 5.78 Å². The second kappa shape index (κ2) is 5.50. The highest BCUT2D eigenvalue weighted by Gasteiger charge is 2.27. The molecule has 2 aromatic rings. The Bertz CT molecular complexity index is 680. The summed E-state index contributed by atoms with van der Waals surface area (Å²) in [6.45, 7) is 3.22. The van der Waals surface area contributed by atoms with Gasteiger partial charge in [-0.05, 0) is 42.5 Å². The van der Waals surface area contributed by atoms with Crippen LogP contribution in [0.25, 0.3) is 0 Å². The fourth-order valence-corrected chi connectivity index (χ4v) is 3.77. The zero-order valence-corrected chi connectivity index (χ0v) is 12.6. The lowest BCUT2D eigenvalue weighted by Gasteiger charge is -2.33. The molecule has 1 aromatic heterocycles. The van der Waals surface area contributed by atoms with Crippen LogP contribution in [-0.4, -0.2) is 34.0 Å². The van der Waals surface area contributed by atoms with Gasteiger partial charge in [-0.15, -0.1) is 11.3 Å². The van der Waals surface area contributed by atoms with Crippen LogP contribution in [-0.2, 0) is 6.42 Å². The highest BCUT2D eigenvalue weighted by Crippen LogP contribution is 2.33. The number of benzene rings is 1. The number of aromatic hydroxyl groups is 2. The summed E-state index contributed by atoms with van der Waals surface area (Å²) in [7, 11) is 0. The van der Waals surface area contributed by atoms with Gasteiger partial charge in [-0.1, -0.05) is 0 Å². The van der Waals surface area contributed by atoms with Gasteiger partial charge in [-0.2, -0.15) is 0 Å². The van der Waals surface area contributed by atoms with Crippen LogP contribution in [0.5, 0.6) is 11.5 Å². The van der Waals surface area contributed by atoms with Crippen LogP contribution in [0.2, 0.25) is 0 Å². The summed E-state index contributed by atoms with van der Waals surface area (Å²) in [5.74, 6) is -0.336. The van der Waals surface area contributed by atoms with Gasteiger partial charge in [0.25, 0.3) is 0 Å². The number of carbonyl (C=O) groups is 1. The van der Waals surface area contributed by atoms with Crippen molar-refractivity contribution in [3.05, 3.63) is 45.6 Å². The number of phenols is 2. The molecule has 0 bridgehead atoms. The van der Waals surface area contributed by atoms with Gasteiger partial charge in [0.05, 0.1) is 12.1 Å². The zero-order valence-electron chi connectivity index (χ0n) is 11.7. The fourth-order valence-electron chi connectivity index (χ4n) is 2.80. The second-order valence-corrected chi connectivity index (χ2v) is 6.32. The first-order valence-electron chi connectivity index (χ1n) is 6.91. The minimum Gasteiger partial charge on any atom is -0.508 e. The van der Waals surface area contributed by atoms with Gasteiger partial charge < -0.3 is 10.2 Å². The van der Waals surface area contributed by atoms with E-state index in [0.717, 1.165) is 13.0 Å². The van der Waals surface area contributed by atoms with Crippen LogP contribution in [0.4, 0.5) is 0 Å². The Morgan fingerprint density at radius 2 is 2.19 bits per heavy atom. The number of fused-ring (bicyclic) bond motifs is 1. The third-order valence-electron chi connectivity index (χ3n) is 4.03. The van der Waals surface area contributed by atoms with Crippen molar-refractivity contribution in [3.8, 4) is 11.5 Å². The van der Waals surface area contributed by atoms with Crippen molar-refractivity contribution in [2.75, 3.05) is 13.1 Å². The van der Waals surface area contributed by atoms with Crippen molar-refractivity contribution < 1.29 is 15.0 Å². The van der Waals surface area contributed by atoms with E-state index in [9.17, 15) is 15.0 Å². The molecule has 0 saturated carbocycles. The molecule has 2 heterocycles. The molecule has 0 aliphatic carbocycles. The van der Waals surface area contributed by atoms with E-state index in [0.29, 0.717) is 0 Å². The predicted octanol–water partition coefficient (Wildman–Crippen LogP) is 2.96. The molecule has 5 heteroatoms. The maximum Gasteiger partial charge on any atom is 0.180 e. The third kappa shape index (κ3) is 2.66. The van der Waals surface area contributed by atoms with Gasteiger partial charge in [-0.3, -0.25) is 9.69 Å². The van der Waals surface area contributed by atoms with Crippen LogP contribution < -0.4 is 0 Å². The number of hydrogen-bond acceptors (Lipinski definition) is 5. The van der Waals surface area contributed by atoms with E-state index in [1.165, 1.54) is 28.6 Å². The molecule has 1 aromatic carbocycles. The summed E-state index contributed by atoms with van der Waals surface area (Å²) >= 11 is 1.77. The number of rotatable bonds is 3. The van der Waals surface area contributed by atoms with E-state index in [-0.39, 0.29) is 35.4 Å². The number of hydrogen-bond donors (Lipinski definition) is 2. The predicted molar refractivity (Wildman–Crippen MR) is 82.1 cm³/mol. The molecule has 0 spiro atoms. The van der Waals surface area contributed by atoms with Gasteiger partial charge in [0, 0.05) is 23.5 Å². The minimum absolute atomic E-state index is 0.0432. The second-order valence-electron chi connectivity index (χ2n) is 5.32. The number of Topliss-reactive ketones (excluding diaryl/α,β-unsaturated/α-hetero) is 1. The third-order valence-corrected chi connectivity index (χ3v) is 5.03. The van der Waals surface area contributed by atoms with Crippen molar-refractivity contribution in [1.82, 2.24) is 4.90 Å². The average molecular weight is 303 g/mol.